The molecule has 3 N–H and O–H groups in total. The van der Waals surface area contributed by atoms with Gasteiger partial charge in [-0.3, -0.25) is 4.79 Å². The van der Waals surface area contributed by atoms with Crippen molar-refractivity contribution in [2.45, 2.75) is 19.5 Å². The molecule has 1 amide bonds. The van der Waals surface area contributed by atoms with Crippen LogP contribution in [0.5, 0.6) is 0 Å². The smallest absolute Gasteiger partial charge is 0.275 e. The molecule has 0 spiro atoms. The summed E-state index contributed by atoms with van der Waals surface area (Å²) in [4.78, 5) is 16.6. The number of piperazine rings is 1. The Morgan fingerprint density at radius 1 is 1.12 bits per heavy atom. The van der Waals surface area contributed by atoms with Crippen LogP contribution in [0.4, 0.5) is 0 Å². The van der Waals surface area contributed by atoms with E-state index in [1.54, 1.807) is 16.2 Å². The zero-order chi connectivity index (χ0) is 17.6. The second kappa shape index (κ2) is 8.81. The first-order valence-corrected chi connectivity index (χ1v) is 10.1. The third kappa shape index (κ3) is 5.54. The van der Waals surface area contributed by atoms with Gasteiger partial charge in [-0.2, -0.15) is 0 Å². The molecule has 134 valence electrons. The highest BCUT2D eigenvalue weighted by molar-refractivity contribution is 7.16. The molecule has 1 fully saturated rings. The lowest BCUT2D eigenvalue weighted by Gasteiger charge is -2.29. The number of rotatable bonds is 6. The number of amides is 1. The molecule has 0 unspecified atom stereocenters. The predicted molar refractivity (Wildman–Crippen MR) is 102 cm³/mol. The van der Waals surface area contributed by atoms with Crippen LogP contribution in [-0.2, 0) is 11.3 Å². The molecular formula is C19H26ClN3OS+2. The molecule has 1 atom stereocenters. The molecule has 4 nitrogen and oxygen atoms in total. The minimum absolute atomic E-state index is 0.0589. The largest absolute Gasteiger partial charge is 0.345 e. The Bertz CT molecular complexity index is 683. The lowest BCUT2D eigenvalue weighted by atomic mass is 10.1. The van der Waals surface area contributed by atoms with Crippen molar-refractivity contribution in [1.82, 2.24) is 5.32 Å². The van der Waals surface area contributed by atoms with Gasteiger partial charge in [0.25, 0.3) is 5.91 Å². The lowest BCUT2D eigenvalue weighted by molar-refractivity contribution is -1.01. The van der Waals surface area contributed by atoms with Crippen molar-refractivity contribution in [2.24, 2.45) is 0 Å². The number of hydrogen-bond acceptors (Lipinski definition) is 2. The molecule has 1 saturated heterocycles. The number of carbonyl (C=O) groups excluding carboxylic acids is 1. The Labute approximate surface area is 158 Å². The minimum atomic E-state index is 0.0589. The molecule has 0 radical (unpaired) electrons. The summed E-state index contributed by atoms with van der Waals surface area (Å²) in [6.07, 6.45) is 0. The van der Waals surface area contributed by atoms with E-state index >= 15 is 0 Å². The average molecular weight is 380 g/mol. The van der Waals surface area contributed by atoms with E-state index in [0.29, 0.717) is 6.54 Å². The number of benzene rings is 1. The van der Waals surface area contributed by atoms with E-state index in [2.05, 4.69) is 23.5 Å². The van der Waals surface area contributed by atoms with Gasteiger partial charge < -0.3 is 15.1 Å². The zero-order valence-corrected chi connectivity index (χ0v) is 16.1. The molecule has 2 heterocycles. The molecule has 1 aliphatic rings. The molecule has 1 aromatic carbocycles. The number of hydrogen-bond donors (Lipinski definition) is 3. The average Bonchev–Trinajstić information content (AvgIpc) is 3.02. The Kier molecular flexibility index (Phi) is 6.48. The number of halogens is 1. The fraction of sp³-hybridized carbons (Fsp3) is 0.421. The Morgan fingerprint density at radius 2 is 1.80 bits per heavy atom. The normalized spacial score (nSPS) is 21.7. The van der Waals surface area contributed by atoms with Crippen molar-refractivity contribution in [3.05, 3.63) is 57.2 Å². The van der Waals surface area contributed by atoms with E-state index in [9.17, 15) is 4.79 Å². The number of thiophene rings is 1. The molecule has 3 rings (SSSR count). The Hall–Kier alpha value is -1.40. The number of carbonyl (C=O) groups is 1. The quantitative estimate of drug-likeness (QED) is 0.674. The first-order chi connectivity index (χ1) is 12.1. The van der Waals surface area contributed by atoms with E-state index in [0.717, 1.165) is 42.6 Å². The molecule has 1 aromatic heterocycles. The van der Waals surface area contributed by atoms with Crippen molar-refractivity contribution in [2.75, 3.05) is 32.7 Å². The second-order valence-corrected chi connectivity index (χ2v) is 8.56. The van der Waals surface area contributed by atoms with Gasteiger partial charge in [0.05, 0.1) is 15.3 Å². The van der Waals surface area contributed by atoms with Gasteiger partial charge >= 0.3 is 0 Å². The summed E-state index contributed by atoms with van der Waals surface area (Å²) in [5.74, 6) is 0.139. The second-order valence-electron chi connectivity index (χ2n) is 6.76. The third-order valence-electron chi connectivity index (χ3n) is 4.80. The molecule has 0 saturated carbocycles. The van der Waals surface area contributed by atoms with Gasteiger partial charge in [0, 0.05) is 0 Å². The summed E-state index contributed by atoms with van der Waals surface area (Å²) in [5, 5.41) is 3.12. The highest BCUT2D eigenvalue weighted by Gasteiger charge is 2.25. The van der Waals surface area contributed by atoms with Crippen LogP contribution in [0.3, 0.4) is 0 Å². The minimum Gasteiger partial charge on any atom is -0.345 e. The Balaban J connectivity index is 1.40. The molecule has 25 heavy (non-hydrogen) atoms. The fourth-order valence-corrected chi connectivity index (χ4v) is 4.51. The van der Waals surface area contributed by atoms with Crippen molar-refractivity contribution >= 4 is 28.8 Å². The van der Waals surface area contributed by atoms with Crippen LogP contribution in [-0.4, -0.2) is 38.6 Å². The van der Waals surface area contributed by atoms with Gasteiger partial charge in [-0.1, -0.05) is 41.9 Å². The maximum absolute atomic E-state index is 12.3. The highest BCUT2D eigenvalue weighted by atomic mass is 35.5. The van der Waals surface area contributed by atoms with Crippen LogP contribution in [0, 0.1) is 0 Å². The summed E-state index contributed by atoms with van der Waals surface area (Å²) >= 11 is 7.68. The van der Waals surface area contributed by atoms with E-state index in [4.69, 9.17) is 11.6 Å². The van der Waals surface area contributed by atoms with Gasteiger partial charge in [0.1, 0.15) is 32.7 Å². The van der Waals surface area contributed by atoms with Crippen molar-refractivity contribution in [1.29, 1.82) is 0 Å². The maximum atomic E-state index is 12.3. The standard InChI is InChI=1S/C19H24ClN3OS/c1-15(16-5-3-2-4-6-16)21-19(24)14-23-11-9-22(10-12-23)13-17-7-8-18(20)25-17/h2-8,15H,9-14H2,1H3,(H,21,24)/p+2/t15-/m0/s1. The molecule has 0 aliphatic carbocycles. The summed E-state index contributed by atoms with van der Waals surface area (Å²) in [5.41, 5.74) is 1.15. The van der Waals surface area contributed by atoms with Gasteiger partial charge in [0.15, 0.2) is 6.54 Å². The lowest BCUT2D eigenvalue weighted by Crippen LogP contribution is -3.28. The SMILES string of the molecule is C[C@H](NC(=O)C[NH+]1CC[NH+](Cc2ccc(Cl)s2)CC1)c1ccccc1. The van der Waals surface area contributed by atoms with Crippen LogP contribution in [0.1, 0.15) is 23.4 Å². The van der Waals surface area contributed by atoms with E-state index in [-0.39, 0.29) is 11.9 Å². The predicted octanol–water partition coefficient (Wildman–Crippen LogP) is 0.562. The van der Waals surface area contributed by atoms with Crippen LogP contribution in [0.2, 0.25) is 4.34 Å². The van der Waals surface area contributed by atoms with Gasteiger partial charge in [0.2, 0.25) is 0 Å². The fourth-order valence-electron chi connectivity index (χ4n) is 3.35. The molecular weight excluding hydrogens is 354 g/mol. The molecule has 2 aromatic rings. The van der Waals surface area contributed by atoms with Crippen molar-refractivity contribution in [3.8, 4) is 0 Å². The Morgan fingerprint density at radius 3 is 2.44 bits per heavy atom. The summed E-state index contributed by atoms with van der Waals surface area (Å²) in [6, 6.07) is 14.3. The molecule has 1 aliphatic heterocycles. The van der Waals surface area contributed by atoms with Crippen LogP contribution < -0.4 is 15.1 Å². The summed E-state index contributed by atoms with van der Waals surface area (Å²) < 4.78 is 0.864. The third-order valence-corrected chi connectivity index (χ3v) is 6.04. The zero-order valence-electron chi connectivity index (χ0n) is 14.6. The monoisotopic (exact) mass is 379 g/mol. The summed E-state index contributed by atoms with van der Waals surface area (Å²) in [7, 11) is 0. The van der Waals surface area contributed by atoms with Crippen molar-refractivity contribution in [3.63, 3.8) is 0 Å². The van der Waals surface area contributed by atoms with Gasteiger partial charge in [-0.15, -0.1) is 11.3 Å². The van der Waals surface area contributed by atoms with Gasteiger partial charge in [-0.25, -0.2) is 0 Å². The van der Waals surface area contributed by atoms with Crippen LogP contribution in [0.15, 0.2) is 42.5 Å². The van der Waals surface area contributed by atoms with Gasteiger partial charge in [-0.05, 0) is 24.6 Å². The first-order valence-electron chi connectivity index (χ1n) is 8.86. The highest BCUT2D eigenvalue weighted by Crippen LogP contribution is 2.20. The maximum Gasteiger partial charge on any atom is 0.275 e. The van der Waals surface area contributed by atoms with E-state index in [1.807, 2.05) is 31.2 Å². The summed E-state index contributed by atoms with van der Waals surface area (Å²) in [6.45, 7) is 7.94. The van der Waals surface area contributed by atoms with Crippen molar-refractivity contribution < 1.29 is 14.6 Å². The molecule has 0 bridgehead atoms. The first kappa shape index (κ1) is 18.4. The van der Waals surface area contributed by atoms with E-state index in [1.165, 1.54) is 9.78 Å². The number of nitrogens with one attached hydrogen (secondary N) is 3. The van der Waals surface area contributed by atoms with Crippen LogP contribution in [0.25, 0.3) is 0 Å². The topological polar surface area (TPSA) is 38.0 Å². The van der Waals surface area contributed by atoms with E-state index < -0.39 is 0 Å². The number of quaternary nitrogens is 2. The van der Waals surface area contributed by atoms with Crippen LogP contribution >= 0.6 is 22.9 Å². The molecule has 6 heteroatoms.